The summed E-state index contributed by atoms with van der Waals surface area (Å²) in [6.45, 7) is 7.66. The molecule has 3 heteroatoms. The molecule has 2 aromatic rings. The molecular formula is C16H22N2S. The maximum absolute atomic E-state index is 4.84. The van der Waals surface area contributed by atoms with Gasteiger partial charge in [0.05, 0.1) is 5.52 Å². The summed E-state index contributed by atoms with van der Waals surface area (Å²) >= 11 is 1.88. The second kappa shape index (κ2) is 6.40. The van der Waals surface area contributed by atoms with E-state index in [1.807, 2.05) is 24.9 Å². The lowest BCUT2D eigenvalue weighted by atomic mass is 10.1. The van der Waals surface area contributed by atoms with Crippen LogP contribution < -0.4 is 5.32 Å². The quantitative estimate of drug-likeness (QED) is 0.831. The number of thioether (sulfide) groups is 1. The molecule has 2 nitrogen and oxygen atoms in total. The van der Waals surface area contributed by atoms with Gasteiger partial charge in [-0.25, -0.2) is 4.98 Å². The van der Waals surface area contributed by atoms with Crippen molar-refractivity contribution in [3.05, 3.63) is 35.9 Å². The summed E-state index contributed by atoms with van der Waals surface area (Å²) in [5, 5.41) is 6.19. The van der Waals surface area contributed by atoms with E-state index in [2.05, 4.69) is 50.4 Å². The Labute approximate surface area is 120 Å². The molecule has 0 bridgehead atoms. The Kier molecular flexibility index (Phi) is 4.83. The first-order valence-electron chi connectivity index (χ1n) is 6.81. The molecule has 0 radical (unpaired) electrons. The lowest BCUT2D eigenvalue weighted by molar-refractivity contribution is 0.641. The van der Waals surface area contributed by atoms with Crippen LogP contribution in [0.5, 0.6) is 0 Å². The number of aromatic nitrogens is 1. The van der Waals surface area contributed by atoms with E-state index in [0.717, 1.165) is 17.1 Å². The summed E-state index contributed by atoms with van der Waals surface area (Å²) in [6.07, 6.45) is 0. The second-order valence-corrected chi connectivity index (χ2v) is 6.61. The van der Waals surface area contributed by atoms with Crippen LogP contribution in [0, 0.1) is 5.92 Å². The van der Waals surface area contributed by atoms with Gasteiger partial charge in [0.1, 0.15) is 5.03 Å². The number of pyridine rings is 1. The Morgan fingerprint density at radius 3 is 2.63 bits per heavy atom. The highest BCUT2D eigenvalue weighted by Crippen LogP contribution is 2.31. The van der Waals surface area contributed by atoms with Crippen LogP contribution in [0.3, 0.4) is 0 Å². The van der Waals surface area contributed by atoms with E-state index < -0.39 is 0 Å². The van der Waals surface area contributed by atoms with Gasteiger partial charge in [0.2, 0.25) is 0 Å². The SMILES string of the molecule is CNCc1cc2ccccc2nc1SC(C)C(C)C. The molecule has 0 amide bonds. The first-order chi connectivity index (χ1) is 9.11. The molecule has 0 aliphatic carbocycles. The van der Waals surface area contributed by atoms with Gasteiger partial charge in [-0.3, -0.25) is 0 Å². The second-order valence-electron chi connectivity index (χ2n) is 5.24. The van der Waals surface area contributed by atoms with Gasteiger partial charge in [0, 0.05) is 17.2 Å². The van der Waals surface area contributed by atoms with E-state index in [-0.39, 0.29) is 0 Å². The number of nitrogens with zero attached hydrogens (tertiary/aromatic N) is 1. The third-order valence-corrected chi connectivity index (χ3v) is 4.86. The van der Waals surface area contributed by atoms with Crippen molar-refractivity contribution in [2.45, 2.75) is 37.6 Å². The van der Waals surface area contributed by atoms with E-state index in [4.69, 9.17) is 4.98 Å². The number of hydrogen-bond acceptors (Lipinski definition) is 3. The minimum atomic E-state index is 0.573. The first-order valence-corrected chi connectivity index (χ1v) is 7.69. The number of para-hydroxylation sites is 1. The highest BCUT2D eigenvalue weighted by molar-refractivity contribution is 7.99. The van der Waals surface area contributed by atoms with Crippen LogP contribution in [0.2, 0.25) is 0 Å². The van der Waals surface area contributed by atoms with Crippen molar-refractivity contribution in [3.63, 3.8) is 0 Å². The molecule has 2 rings (SSSR count). The molecule has 1 heterocycles. The smallest absolute Gasteiger partial charge is 0.101 e. The van der Waals surface area contributed by atoms with Crippen LogP contribution in [-0.4, -0.2) is 17.3 Å². The van der Waals surface area contributed by atoms with Crippen molar-refractivity contribution >= 4 is 22.7 Å². The molecule has 19 heavy (non-hydrogen) atoms. The Bertz CT molecular complexity index is 551. The molecule has 1 atom stereocenters. The number of rotatable bonds is 5. The molecule has 0 saturated carbocycles. The molecular weight excluding hydrogens is 252 g/mol. The minimum absolute atomic E-state index is 0.573. The normalized spacial score (nSPS) is 13.1. The Balaban J connectivity index is 2.41. The molecule has 0 fully saturated rings. The fourth-order valence-electron chi connectivity index (χ4n) is 1.87. The molecule has 1 unspecified atom stereocenters. The molecule has 1 aromatic carbocycles. The summed E-state index contributed by atoms with van der Waals surface area (Å²) in [5.41, 5.74) is 2.37. The fraction of sp³-hybridized carbons (Fsp3) is 0.438. The molecule has 0 spiro atoms. The molecule has 1 N–H and O–H groups in total. The monoisotopic (exact) mass is 274 g/mol. The number of hydrogen-bond donors (Lipinski definition) is 1. The molecule has 1 aromatic heterocycles. The Morgan fingerprint density at radius 1 is 1.21 bits per heavy atom. The van der Waals surface area contributed by atoms with Crippen LogP contribution in [0.4, 0.5) is 0 Å². The van der Waals surface area contributed by atoms with Gasteiger partial charge in [-0.2, -0.15) is 0 Å². The Morgan fingerprint density at radius 2 is 1.95 bits per heavy atom. The average molecular weight is 274 g/mol. The standard InChI is InChI=1S/C16H22N2S/c1-11(2)12(3)19-16-14(10-17-4)9-13-7-5-6-8-15(13)18-16/h5-9,11-12,17H,10H2,1-4H3. The van der Waals surface area contributed by atoms with E-state index in [1.54, 1.807) is 0 Å². The van der Waals surface area contributed by atoms with Crippen LogP contribution in [-0.2, 0) is 6.54 Å². The number of fused-ring (bicyclic) bond motifs is 1. The van der Waals surface area contributed by atoms with Gasteiger partial charge in [0.15, 0.2) is 0 Å². The van der Waals surface area contributed by atoms with E-state index >= 15 is 0 Å². The van der Waals surface area contributed by atoms with Crippen LogP contribution in [0.15, 0.2) is 35.4 Å². The van der Waals surface area contributed by atoms with Crippen molar-refractivity contribution in [1.82, 2.24) is 10.3 Å². The maximum Gasteiger partial charge on any atom is 0.101 e. The zero-order valence-electron chi connectivity index (χ0n) is 12.1. The predicted molar refractivity (Wildman–Crippen MR) is 84.7 cm³/mol. The van der Waals surface area contributed by atoms with Crippen LogP contribution in [0.25, 0.3) is 10.9 Å². The van der Waals surface area contributed by atoms with Gasteiger partial charge in [-0.15, -0.1) is 11.8 Å². The summed E-state index contributed by atoms with van der Waals surface area (Å²) < 4.78 is 0. The zero-order chi connectivity index (χ0) is 13.8. The third-order valence-electron chi connectivity index (χ3n) is 3.37. The maximum atomic E-state index is 4.84. The summed E-state index contributed by atoms with van der Waals surface area (Å²) in [7, 11) is 1.98. The highest BCUT2D eigenvalue weighted by Gasteiger charge is 2.13. The topological polar surface area (TPSA) is 24.9 Å². The summed E-state index contributed by atoms with van der Waals surface area (Å²) in [4.78, 5) is 4.84. The van der Waals surface area contributed by atoms with Gasteiger partial charge in [0.25, 0.3) is 0 Å². The molecule has 102 valence electrons. The largest absolute Gasteiger partial charge is 0.316 e. The zero-order valence-corrected chi connectivity index (χ0v) is 12.9. The fourth-order valence-corrected chi connectivity index (χ4v) is 2.93. The minimum Gasteiger partial charge on any atom is -0.316 e. The van der Waals surface area contributed by atoms with Gasteiger partial charge >= 0.3 is 0 Å². The number of nitrogens with one attached hydrogen (secondary N) is 1. The van der Waals surface area contributed by atoms with Crippen molar-refractivity contribution in [2.75, 3.05) is 7.05 Å². The van der Waals surface area contributed by atoms with E-state index in [9.17, 15) is 0 Å². The van der Waals surface area contributed by atoms with Crippen molar-refractivity contribution < 1.29 is 0 Å². The summed E-state index contributed by atoms with van der Waals surface area (Å²) in [5.74, 6) is 0.653. The molecule has 0 aliphatic rings. The predicted octanol–water partition coefficient (Wildman–Crippen LogP) is 4.09. The van der Waals surface area contributed by atoms with E-state index in [0.29, 0.717) is 11.2 Å². The lowest BCUT2D eigenvalue weighted by Crippen LogP contribution is -2.10. The average Bonchev–Trinajstić information content (AvgIpc) is 2.39. The molecule has 0 aliphatic heterocycles. The highest BCUT2D eigenvalue weighted by atomic mass is 32.2. The van der Waals surface area contributed by atoms with Crippen molar-refractivity contribution in [1.29, 1.82) is 0 Å². The van der Waals surface area contributed by atoms with Crippen LogP contribution >= 0.6 is 11.8 Å². The Hall–Kier alpha value is -1.06. The summed E-state index contributed by atoms with van der Waals surface area (Å²) in [6, 6.07) is 10.6. The lowest BCUT2D eigenvalue weighted by Gasteiger charge is -2.17. The first kappa shape index (κ1) is 14.4. The van der Waals surface area contributed by atoms with E-state index in [1.165, 1.54) is 10.9 Å². The van der Waals surface area contributed by atoms with Crippen LogP contribution in [0.1, 0.15) is 26.3 Å². The van der Waals surface area contributed by atoms with Gasteiger partial charge < -0.3 is 5.32 Å². The third kappa shape index (κ3) is 3.48. The van der Waals surface area contributed by atoms with Crippen molar-refractivity contribution in [3.8, 4) is 0 Å². The van der Waals surface area contributed by atoms with Gasteiger partial charge in [-0.1, -0.05) is 39.0 Å². The number of benzene rings is 1. The van der Waals surface area contributed by atoms with Crippen molar-refractivity contribution in [2.24, 2.45) is 5.92 Å². The van der Waals surface area contributed by atoms with Gasteiger partial charge in [-0.05, 0) is 30.7 Å². The molecule has 0 saturated heterocycles.